The van der Waals surface area contributed by atoms with Crippen LogP contribution in [0.1, 0.15) is 32.0 Å². The molecular formula is C13H18F2N2O2S. The van der Waals surface area contributed by atoms with Gasteiger partial charge in [-0.25, -0.2) is 8.78 Å². The van der Waals surface area contributed by atoms with Gasteiger partial charge in [-0.05, 0) is 39.3 Å². The molecule has 0 bridgehead atoms. The molecule has 4 nitrogen and oxygen atoms in total. The number of ether oxygens (including phenoxy) is 1. The molecule has 1 atom stereocenters. The molecule has 0 aliphatic rings. The lowest BCUT2D eigenvalue weighted by Gasteiger charge is -2.17. The van der Waals surface area contributed by atoms with Crippen molar-refractivity contribution in [3.05, 3.63) is 23.5 Å². The van der Waals surface area contributed by atoms with Crippen LogP contribution in [0.4, 0.5) is 8.78 Å². The van der Waals surface area contributed by atoms with E-state index < -0.39 is 29.1 Å². The second-order valence-electron chi connectivity index (χ2n) is 5.17. The van der Waals surface area contributed by atoms with Gasteiger partial charge in [0.05, 0.1) is 11.9 Å². The molecule has 1 aromatic rings. The summed E-state index contributed by atoms with van der Waals surface area (Å²) in [5.74, 6) is 0.305. The number of hydrogen-bond acceptors (Lipinski definition) is 4. The highest BCUT2D eigenvalue weighted by Gasteiger charge is 2.25. The Morgan fingerprint density at radius 1 is 1.50 bits per heavy atom. The van der Waals surface area contributed by atoms with E-state index >= 15 is 0 Å². The van der Waals surface area contributed by atoms with E-state index in [-0.39, 0.29) is 0 Å². The van der Waals surface area contributed by atoms with Crippen LogP contribution in [0.3, 0.4) is 0 Å². The third kappa shape index (κ3) is 5.42. The summed E-state index contributed by atoms with van der Waals surface area (Å²) in [7, 11) is 0. The van der Waals surface area contributed by atoms with Gasteiger partial charge in [0, 0.05) is 0 Å². The highest BCUT2D eigenvalue weighted by atomic mass is 32.2. The van der Waals surface area contributed by atoms with Crippen molar-refractivity contribution >= 4 is 17.6 Å². The molecule has 7 heteroatoms. The molecule has 0 radical (unpaired) electrons. The van der Waals surface area contributed by atoms with E-state index in [2.05, 4.69) is 9.38 Å². The first-order valence-electron chi connectivity index (χ1n) is 6.04. The van der Waals surface area contributed by atoms with E-state index in [1.54, 1.807) is 13.0 Å². The minimum atomic E-state index is -2.52. The Morgan fingerprint density at radius 3 is 2.65 bits per heavy atom. The standard InChI is InChI=1S/C13H18F2N2O2S/c1-9-5-10(6-17-20(18)13(2,3)4)16-7-11(9)19-8-12(14)15/h5-7,12H,8H2,1-4H3/b17-6+/t20-/m1/s1. The van der Waals surface area contributed by atoms with Gasteiger partial charge in [-0.3, -0.25) is 4.98 Å². The smallest absolute Gasteiger partial charge is 0.272 e. The van der Waals surface area contributed by atoms with Crippen molar-refractivity contribution in [1.29, 1.82) is 0 Å². The van der Waals surface area contributed by atoms with Gasteiger partial charge in [0.15, 0.2) is 0 Å². The largest absolute Gasteiger partial charge is 0.591 e. The van der Waals surface area contributed by atoms with Gasteiger partial charge in [0.25, 0.3) is 6.43 Å². The van der Waals surface area contributed by atoms with E-state index in [1.807, 2.05) is 20.8 Å². The van der Waals surface area contributed by atoms with Gasteiger partial charge in [0.2, 0.25) is 0 Å². The summed E-state index contributed by atoms with van der Waals surface area (Å²) in [4.78, 5) is 4.02. The van der Waals surface area contributed by atoms with Crippen LogP contribution in [-0.4, -0.2) is 33.5 Å². The minimum absolute atomic E-state index is 0.305. The Bertz CT molecular complexity index is 476. The molecule has 0 fully saturated rings. The number of pyridine rings is 1. The maximum atomic E-state index is 12.1. The molecular weight excluding hydrogens is 286 g/mol. The van der Waals surface area contributed by atoms with Gasteiger partial charge in [-0.2, -0.15) is 0 Å². The molecule has 1 heterocycles. The SMILES string of the molecule is Cc1cc(/C=N/[S@+]([O-])C(C)(C)C)ncc1OCC(F)F. The number of rotatable bonds is 5. The van der Waals surface area contributed by atoms with Crippen molar-refractivity contribution in [2.24, 2.45) is 4.40 Å². The summed E-state index contributed by atoms with van der Waals surface area (Å²) in [5, 5.41) is 0. The average Bonchev–Trinajstić information content (AvgIpc) is 2.33. The van der Waals surface area contributed by atoms with E-state index in [9.17, 15) is 13.3 Å². The Labute approximate surface area is 120 Å². The molecule has 0 unspecified atom stereocenters. The van der Waals surface area contributed by atoms with E-state index in [0.29, 0.717) is 17.0 Å². The predicted molar refractivity (Wildman–Crippen MR) is 76.0 cm³/mol. The number of aromatic nitrogens is 1. The van der Waals surface area contributed by atoms with Crippen LogP contribution < -0.4 is 4.74 Å². The molecule has 0 amide bonds. The summed E-state index contributed by atoms with van der Waals surface area (Å²) in [5.41, 5.74) is 1.17. The normalized spacial score (nSPS) is 14.0. The van der Waals surface area contributed by atoms with Crippen LogP contribution >= 0.6 is 0 Å². The summed E-state index contributed by atoms with van der Waals surface area (Å²) in [6.07, 6.45) is 0.245. The molecule has 1 rings (SSSR count). The molecule has 0 aliphatic heterocycles. The second kappa shape index (κ2) is 6.99. The summed E-state index contributed by atoms with van der Waals surface area (Å²) < 4.78 is 44.3. The zero-order valence-electron chi connectivity index (χ0n) is 11.9. The zero-order valence-corrected chi connectivity index (χ0v) is 12.7. The van der Waals surface area contributed by atoms with Crippen LogP contribution in [0, 0.1) is 6.92 Å². The predicted octanol–water partition coefficient (Wildman–Crippen LogP) is 2.92. The average molecular weight is 304 g/mol. The van der Waals surface area contributed by atoms with Crippen molar-refractivity contribution in [3.8, 4) is 5.75 Å². The van der Waals surface area contributed by atoms with Crippen LogP contribution in [0.15, 0.2) is 16.7 Å². The summed E-state index contributed by atoms with van der Waals surface area (Å²) in [6.45, 7) is 6.52. The van der Waals surface area contributed by atoms with Crippen molar-refractivity contribution in [2.45, 2.75) is 38.9 Å². The fourth-order valence-corrected chi connectivity index (χ4v) is 1.72. The Balaban J connectivity index is 2.75. The van der Waals surface area contributed by atoms with Gasteiger partial charge < -0.3 is 9.29 Å². The molecule has 0 aliphatic carbocycles. The minimum Gasteiger partial charge on any atom is -0.591 e. The van der Waals surface area contributed by atoms with Crippen LogP contribution in [0.5, 0.6) is 5.75 Å². The monoisotopic (exact) mass is 304 g/mol. The Morgan fingerprint density at radius 2 is 2.15 bits per heavy atom. The molecule has 0 saturated heterocycles. The third-order valence-corrected chi connectivity index (χ3v) is 3.60. The summed E-state index contributed by atoms with van der Waals surface area (Å²) >= 11 is -1.36. The van der Waals surface area contributed by atoms with Crippen LogP contribution in [0.25, 0.3) is 0 Å². The van der Waals surface area contributed by atoms with Gasteiger partial charge in [-0.1, -0.05) is 4.40 Å². The molecule has 20 heavy (non-hydrogen) atoms. The highest BCUT2D eigenvalue weighted by molar-refractivity contribution is 7.91. The van der Waals surface area contributed by atoms with Crippen molar-refractivity contribution in [1.82, 2.24) is 4.98 Å². The molecule has 0 aromatic carbocycles. The fraction of sp³-hybridized carbons (Fsp3) is 0.538. The fourth-order valence-electron chi connectivity index (χ4n) is 1.20. The van der Waals surface area contributed by atoms with Crippen LogP contribution in [0.2, 0.25) is 0 Å². The van der Waals surface area contributed by atoms with Crippen molar-refractivity contribution in [3.63, 3.8) is 0 Å². The Hall–Kier alpha value is -1.21. The maximum Gasteiger partial charge on any atom is 0.272 e. The molecule has 1 aromatic heterocycles. The lowest BCUT2D eigenvalue weighted by molar-refractivity contribution is 0.0814. The van der Waals surface area contributed by atoms with Gasteiger partial charge >= 0.3 is 0 Å². The second-order valence-corrected chi connectivity index (χ2v) is 7.11. The number of hydrogen-bond donors (Lipinski definition) is 0. The van der Waals surface area contributed by atoms with Gasteiger partial charge in [-0.15, -0.1) is 0 Å². The van der Waals surface area contributed by atoms with E-state index in [0.717, 1.165) is 0 Å². The van der Waals surface area contributed by atoms with Crippen molar-refractivity contribution < 1.29 is 18.1 Å². The number of aryl methyl sites for hydroxylation is 1. The first-order chi connectivity index (χ1) is 9.20. The summed E-state index contributed by atoms with van der Waals surface area (Å²) in [6, 6.07) is 1.64. The number of nitrogens with zero attached hydrogens (tertiary/aromatic N) is 2. The molecule has 0 saturated carbocycles. The first kappa shape index (κ1) is 16.8. The number of halogens is 2. The zero-order chi connectivity index (χ0) is 15.3. The molecule has 0 N–H and O–H groups in total. The first-order valence-corrected chi connectivity index (χ1v) is 7.14. The van der Waals surface area contributed by atoms with E-state index in [1.165, 1.54) is 12.4 Å². The highest BCUT2D eigenvalue weighted by Crippen LogP contribution is 2.19. The van der Waals surface area contributed by atoms with Gasteiger partial charge in [0.1, 0.15) is 34.7 Å². The lowest BCUT2D eigenvalue weighted by atomic mass is 10.2. The lowest BCUT2D eigenvalue weighted by Crippen LogP contribution is -2.25. The topological polar surface area (TPSA) is 57.5 Å². The van der Waals surface area contributed by atoms with E-state index in [4.69, 9.17) is 4.74 Å². The maximum absolute atomic E-state index is 12.1. The number of alkyl halides is 2. The Kier molecular flexibility index (Phi) is 5.88. The van der Waals surface area contributed by atoms with Crippen LogP contribution in [-0.2, 0) is 11.4 Å². The van der Waals surface area contributed by atoms with Crippen molar-refractivity contribution in [2.75, 3.05) is 6.61 Å². The quantitative estimate of drug-likeness (QED) is 0.621. The molecule has 112 valence electrons. The molecule has 0 spiro atoms. The third-order valence-electron chi connectivity index (χ3n) is 2.25.